The van der Waals surface area contributed by atoms with Crippen molar-refractivity contribution in [3.05, 3.63) is 34.3 Å². The summed E-state index contributed by atoms with van der Waals surface area (Å²) in [6, 6.07) is 4.23. The van der Waals surface area contributed by atoms with Gasteiger partial charge in [-0.2, -0.15) is 0 Å². The highest BCUT2D eigenvalue weighted by Crippen LogP contribution is 2.21. The third kappa shape index (κ3) is 2.46. The normalized spacial score (nSPS) is 12.6. The van der Waals surface area contributed by atoms with Crippen molar-refractivity contribution in [3.63, 3.8) is 0 Å². The maximum absolute atomic E-state index is 12.0. The van der Waals surface area contributed by atoms with Crippen molar-refractivity contribution < 1.29 is 19.1 Å². The molecule has 6 heteroatoms. The molecule has 1 unspecified atom stereocenters. The molecule has 20 heavy (non-hydrogen) atoms. The molecular weight excluding hydrogens is 262 g/mol. The van der Waals surface area contributed by atoms with Crippen LogP contribution < -0.4 is 5.76 Å². The summed E-state index contributed by atoms with van der Waals surface area (Å²) >= 11 is 0. The molecule has 0 fully saturated rings. The van der Waals surface area contributed by atoms with E-state index in [0.717, 1.165) is 0 Å². The first-order valence-corrected chi connectivity index (χ1v) is 6.53. The van der Waals surface area contributed by atoms with Gasteiger partial charge in [0.15, 0.2) is 5.58 Å². The maximum Gasteiger partial charge on any atom is 0.420 e. The topological polar surface area (TPSA) is 81.7 Å². The molecule has 0 saturated carbocycles. The van der Waals surface area contributed by atoms with Crippen LogP contribution in [0.2, 0.25) is 0 Å². The number of benzene rings is 1. The van der Waals surface area contributed by atoms with Gasteiger partial charge in [-0.05, 0) is 31.0 Å². The second kappa shape index (κ2) is 5.92. The van der Waals surface area contributed by atoms with Crippen molar-refractivity contribution in [2.45, 2.75) is 32.9 Å². The Hall–Kier alpha value is -2.08. The zero-order valence-corrected chi connectivity index (χ0v) is 11.5. The fourth-order valence-electron chi connectivity index (χ4n) is 2.17. The lowest BCUT2D eigenvalue weighted by Crippen LogP contribution is -2.28. The lowest BCUT2D eigenvalue weighted by Gasteiger charge is -2.14. The molecule has 1 aromatic carbocycles. The van der Waals surface area contributed by atoms with E-state index in [1.807, 2.05) is 0 Å². The Kier molecular flexibility index (Phi) is 4.24. The van der Waals surface area contributed by atoms with Gasteiger partial charge in [0.1, 0.15) is 6.04 Å². The Balaban J connectivity index is 2.55. The summed E-state index contributed by atoms with van der Waals surface area (Å²) in [5.74, 6) is -1.05. The SMILES string of the molecule is CCOC(=O)C(CC)n1c(=O)oc2cc(CO)ccc21. The first-order valence-electron chi connectivity index (χ1n) is 6.53. The highest BCUT2D eigenvalue weighted by molar-refractivity contribution is 5.79. The van der Waals surface area contributed by atoms with Crippen LogP contribution in [-0.4, -0.2) is 22.2 Å². The summed E-state index contributed by atoms with van der Waals surface area (Å²) in [6.07, 6.45) is 0.426. The molecule has 0 spiro atoms. The van der Waals surface area contributed by atoms with Crippen LogP contribution >= 0.6 is 0 Å². The van der Waals surface area contributed by atoms with Gasteiger partial charge in [0.25, 0.3) is 0 Å². The summed E-state index contributed by atoms with van der Waals surface area (Å²) in [6.45, 7) is 3.64. The van der Waals surface area contributed by atoms with Gasteiger partial charge in [-0.3, -0.25) is 4.57 Å². The molecule has 0 amide bonds. The minimum Gasteiger partial charge on any atom is -0.464 e. The summed E-state index contributed by atoms with van der Waals surface area (Å²) in [7, 11) is 0. The molecule has 1 heterocycles. The van der Waals surface area contributed by atoms with Crippen molar-refractivity contribution >= 4 is 17.1 Å². The van der Waals surface area contributed by atoms with Gasteiger partial charge >= 0.3 is 11.7 Å². The van der Waals surface area contributed by atoms with Crippen molar-refractivity contribution in [1.82, 2.24) is 4.57 Å². The third-order valence-corrected chi connectivity index (χ3v) is 3.12. The van der Waals surface area contributed by atoms with Crippen molar-refractivity contribution in [2.75, 3.05) is 6.61 Å². The Labute approximate surface area is 115 Å². The van der Waals surface area contributed by atoms with Crippen LogP contribution in [-0.2, 0) is 16.1 Å². The molecule has 0 aliphatic rings. The molecule has 108 valence electrons. The average molecular weight is 279 g/mol. The predicted molar refractivity (Wildman–Crippen MR) is 72.4 cm³/mol. The van der Waals surface area contributed by atoms with E-state index in [2.05, 4.69) is 0 Å². The summed E-state index contributed by atoms with van der Waals surface area (Å²) in [5.41, 5.74) is 1.51. The highest BCUT2D eigenvalue weighted by atomic mass is 16.5. The number of aliphatic hydroxyl groups excluding tert-OH is 1. The lowest BCUT2D eigenvalue weighted by atomic mass is 10.2. The van der Waals surface area contributed by atoms with E-state index in [0.29, 0.717) is 23.1 Å². The number of carbonyl (C=O) groups is 1. The standard InChI is InChI=1S/C14H17NO5/c1-3-10(13(17)19-4-2)15-11-6-5-9(8-16)7-12(11)20-14(15)18/h5-7,10,16H,3-4,8H2,1-2H3. The molecule has 0 bridgehead atoms. The van der Waals surface area contributed by atoms with Gasteiger partial charge in [-0.15, -0.1) is 0 Å². The number of fused-ring (bicyclic) bond motifs is 1. The first-order chi connectivity index (χ1) is 9.62. The van der Waals surface area contributed by atoms with Crippen LogP contribution in [0.1, 0.15) is 31.9 Å². The summed E-state index contributed by atoms with van der Waals surface area (Å²) in [5, 5.41) is 9.09. The predicted octanol–water partition coefficient (Wildman–Crippen LogP) is 1.60. The highest BCUT2D eigenvalue weighted by Gasteiger charge is 2.25. The van der Waals surface area contributed by atoms with Crippen LogP contribution in [0, 0.1) is 0 Å². The number of hydrogen-bond acceptors (Lipinski definition) is 5. The van der Waals surface area contributed by atoms with Gasteiger partial charge in [0.2, 0.25) is 0 Å². The zero-order valence-electron chi connectivity index (χ0n) is 11.5. The van der Waals surface area contributed by atoms with E-state index in [4.69, 9.17) is 14.3 Å². The van der Waals surface area contributed by atoms with E-state index in [9.17, 15) is 9.59 Å². The van der Waals surface area contributed by atoms with Gasteiger partial charge in [0, 0.05) is 0 Å². The fraction of sp³-hybridized carbons (Fsp3) is 0.429. The van der Waals surface area contributed by atoms with E-state index < -0.39 is 17.8 Å². The second-order valence-corrected chi connectivity index (χ2v) is 4.37. The zero-order chi connectivity index (χ0) is 14.7. The Morgan fingerprint density at radius 3 is 2.80 bits per heavy atom. The molecule has 0 aliphatic carbocycles. The Morgan fingerprint density at radius 1 is 1.45 bits per heavy atom. The number of ether oxygens (including phenoxy) is 1. The minimum atomic E-state index is -0.705. The van der Waals surface area contributed by atoms with Gasteiger partial charge < -0.3 is 14.3 Å². The third-order valence-electron chi connectivity index (χ3n) is 3.12. The number of rotatable bonds is 5. The minimum absolute atomic E-state index is 0.139. The molecule has 1 N–H and O–H groups in total. The number of nitrogens with zero attached hydrogens (tertiary/aromatic N) is 1. The Bertz CT molecular complexity index is 670. The monoisotopic (exact) mass is 279 g/mol. The van der Waals surface area contributed by atoms with E-state index >= 15 is 0 Å². The summed E-state index contributed by atoms with van der Waals surface area (Å²) < 4.78 is 11.4. The van der Waals surface area contributed by atoms with Crippen molar-refractivity contribution in [2.24, 2.45) is 0 Å². The van der Waals surface area contributed by atoms with Gasteiger partial charge in [-0.1, -0.05) is 13.0 Å². The molecule has 2 rings (SSSR count). The van der Waals surface area contributed by atoms with Crippen LogP contribution in [0.25, 0.3) is 11.1 Å². The number of esters is 1. The first kappa shape index (κ1) is 14.3. The molecule has 1 aromatic heterocycles. The molecule has 2 aromatic rings. The number of hydrogen-bond donors (Lipinski definition) is 1. The van der Waals surface area contributed by atoms with E-state index in [1.165, 1.54) is 4.57 Å². The van der Waals surface area contributed by atoms with Gasteiger partial charge in [0.05, 0.1) is 18.7 Å². The van der Waals surface area contributed by atoms with Crippen molar-refractivity contribution in [3.8, 4) is 0 Å². The summed E-state index contributed by atoms with van der Waals surface area (Å²) in [4.78, 5) is 23.9. The van der Waals surface area contributed by atoms with Crippen LogP contribution in [0.5, 0.6) is 0 Å². The molecule has 0 aliphatic heterocycles. The fourth-order valence-corrected chi connectivity index (χ4v) is 2.17. The molecular formula is C14H17NO5. The van der Waals surface area contributed by atoms with E-state index in [-0.39, 0.29) is 13.2 Å². The largest absolute Gasteiger partial charge is 0.464 e. The van der Waals surface area contributed by atoms with Gasteiger partial charge in [-0.25, -0.2) is 9.59 Å². The number of carbonyl (C=O) groups excluding carboxylic acids is 1. The Morgan fingerprint density at radius 2 is 2.20 bits per heavy atom. The van der Waals surface area contributed by atoms with Crippen LogP contribution in [0.3, 0.4) is 0 Å². The second-order valence-electron chi connectivity index (χ2n) is 4.37. The number of aromatic nitrogens is 1. The quantitative estimate of drug-likeness (QED) is 0.841. The smallest absolute Gasteiger partial charge is 0.420 e. The van der Waals surface area contributed by atoms with Crippen LogP contribution in [0.15, 0.2) is 27.4 Å². The molecule has 6 nitrogen and oxygen atoms in total. The number of aliphatic hydroxyl groups is 1. The number of oxazole rings is 1. The average Bonchev–Trinajstić information content (AvgIpc) is 2.76. The van der Waals surface area contributed by atoms with E-state index in [1.54, 1.807) is 32.0 Å². The van der Waals surface area contributed by atoms with Crippen molar-refractivity contribution in [1.29, 1.82) is 0 Å². The molecule has 0 radical (unpaired) electrons. The molecule has 0 saturated heterocycles. The molecule has 1 atom stereocenters. The van der Waals surface area contributed by atoms with Crippen LogP contribution in [0.4, 0.5) is 0 Å². The maximum atomic E-state index is 12.0. The lowest BCUT2D eigenvalue weighted by molar-refractivity contribution is -0.147.